The van der Waals surface area contributed by atoms with Gasteiger partial charge in [-0.1, -0.05) is 6.07 Å². The van der Waals surface area contributed by atoms with Crippen LogP contribution in [-0.4, -0.2) is 20.3 Å². The van der Waals surface area contributed by atoms with Gasteiger partial charge < -0.3 is 5.32 Å². The number of nitrogens with zero attached hydrogens (tertiary/aromatic N) is 3. The predicted molar refractivity (Wildman–Crippen MR) is 93.1 cm³/mol. The van der Waals surface area contributed by atoms with Gasteiger partial charge in [-0.2, -0.15) is 0 Å². The van der Waals surface area contributed by atoms with Crippen LogP contribution in [0.2, 0.25) is 0 Å². The number of carbonyl (C=O) groups is 1. The average molecular weight is 376 g/mol. The first kappa shape index (κ1) is 16.6. The van der Waals surface area contributed by atoms with Crippen molar-refractivity contribution in [3.05, 3.63) is 57.8 Å². The molecule has 2 aromatic heterocycles. The fourth-order valence-electron chi connectivity index (χ4n) is 2.68. The van der Waals surface area contributed by atoms with E-state index in [-0.39, 0.29) is 24.0 Å². The number of rotatable bonds is 5. The van der Waals surface area contributed by atoms with Gasteiger partial charge >= 0.3 is 5.69 Å². The molecule has 1 amide bonds. The molecule has 134 valence electrons. The van der Waals surface area contributed by atoms with Gasteiger partial charge in [0.2, 0.25) is 5.91 Å². The molecular formula is C17H14F2N4O2S. The standard InChI is InChI=1S/C17H14F2N4O2S/c18-10-3-6-12(19)13(8-10)20-15(24)9-22-17(25)23(11-4-5-11)16(21-22)14-2-1-7-26-14/h1-3,6-8,11H,4-5,9H2,(H,20,24). The number of anilines is 1. The molecule has 0 aliphatic heterocycles. The summed E-state index contributed by atoms with van der Waals surface area (Å²) in [5.74, 6) is -1.56. The lowest BCUT2D eigenvalue weighted by Crippen LogP contribution is -2.30. The summed E-state index contributed by atoms with van der Waals surface area (Å²) in [6.45, 7) is -0.382. The van der Waals surface area contributed by atoms with Crippen LogP contribution in [0.1, 0.15) is 18.9 Å². The van der Waals surface area contributed by atoms with E-state index < -0.39 is 17.5 Å². The Labute approximate surface area is 150 Å². The molecule has 1 aliphatic carbocycles. The maximum atomic E-state index is 13.6. The zero-order chi connectivity index (χ0) is 18.3. The summed E-state index contributed by atoms with van der Waals surface area (Å²) in [5, 5.41) is 8.44. The highest BCUT2D eigenvalue weighted by Gasteiger charge is 2.31. The molecule has 1 saturated carbocycles. The van der Waals surface area contributed by atoms with Crippen LogP contribution >= 0.6 is 11.3 Å². The molecule has 9 heteroatoms. The third kappa shape index (κ3) is 3.17. The number of amides is 1. The molecule has 26 heavy (non-hydrogen) atoms. The molecular weight excluding hydrogens is 362 g/mol. The van der Waals surface area contributed by atoms with Crippen molar-refractivity contribution in [3.8, 4) is 10.7 Å². The monoisotopic (exact) mass is 376 g/mol. The van der Waals surface area contributed by atoms with E-state index in [2.05, 4.69) is 10.4 Å². The van der Waals surface area contributed by atoms with Gasteiger partial charge in [0.25, 0.3) is 0 Å². The van der Waals surface area contributed by atoms with Gasteiger partial charge in [-0.05, 0) is 36.4 Å². The van der Waals surface area contributed by atoms with Gasteiger partial charge in [0.1, 0.15) is 18.2 Å². The number of benzene rings is 1. The molecule has 1 aliphatic rings. The molecule has 0 spiro atoms. The Bertz CT molecular complexity index is 1020. The van der Waals surface area contributed by atoms with Crippen LogP contribution in [0, 0.1) is 11.6 Å². The Hall–Kier alpha value is -2.81. The van der Waals surface area contributed by atoms with Crippen molar-refractivity contribution in [1.82, 2.24) is 14.3 Å². The van der Waals surface area contributed by atoms with Gasteiger partial charge in [-0.15, -0.1) is 16.4 Å². The number of thiophene rings is 1. The Morgan fingerprint density at radius 2 is 2.12 bits per heavy atom. The third-order valence-electron chi connectivity index (χ3n) is 4.02. The van der Waals surface area contributed by atoms with Crippen molar-refractivity contribution in [1.29, 1.82) is 0 Å². The van der Waals surface area contributed by atoms with Crippen molar-refractivity contribution in [2.45, 2.75) is 25.4 Å². The molecule has 1 N–H and O–H groups in total. The zero-order valence-electron chi connectivity index (χ0n) is 13.5. The largest absolute Gasteiger partial charge is 0.346 e. The van der Waals surface area contributed by atoms with Crippen molar-refractivity contribution >= 4 is 22.9 Å². The summed E-state index contributed by atoms with van der Waals surface area (Å²) in [5.41, 5.74) is -0.658. The first-order valence-corrected chi connectivity index (χ1v) is 8.89. The highest BCUT2D eigenvalue weighted by molar-refractivity contribution is 7.13. The number of hydrogen-bond acceptors (Lipinski definition) is 4. The third-order valence-corrected chi connectivity index (χ3v) is 4.89. The van der Waals surface area contributed by atoms with E-state index >= 15 is 0 Å². The average Bonchev–Trinajstić information content (AvgIpc) is 3.18. The molecule has 0 atom stereocenters. The van der Waals surface area contributed by atoms with Crippen LogP contribution in [0.5, 0.6) is 0 Å². The summed E-state index contributed by atoms with van der Waals surface area (Å²) in [4.78, 5) is 25.7. The van der Waals surface area contributed by atoms with Crippen LogP contribution in [0.25, 0.3) is 10.7 Å². The number of aromatic nitrogens is 3. The van der Waals surface area contributed by atoms with Gasteiger partial charge in [0.15, 0.2) is 5.82 Å². The van der Waals surface area contributed by atoms with E-state index in [0.717, 1.165) is 40.6 Å². The van der Waals surface area contributed by atoms with Crippen LogP contribution < -0.4 is 11.0 Å². The van der Waals surface area contributed by atoms with Crippen molar-refractivity contribution in [2.24, 2.45) is 0 Å². The number of nitrogens with one attached hydrogen (secondary N) is 1. The van der Waals surface area contributed by atoms with Gasteiger partial charge in [-0.3, -0.25) is 9.36 Å². The highest BCUT2D eigenvalue weighted by Crippen LogP contribution is 2.37. The fourth-order valence-corrected chi connectivity index (χ4v) is 3.38. The lowest BCUT2D eigenvalue weighted by Gasteiger charge is -2.06. The van der Waals surface area contributed by atoms with Crippen molar-refractivity contribution in [3.63, 3.8) is 0 Å². The minimum absolute atomic E-state index is 0.0945. The number of halogens is 2. The number of carbonyl (C=O) groups excluding carboxylic acids is 1. The van der Waals surface area contributed by atoms with Crippen LogP contribution in [0.15, 0.2) is 40.5 Å². The Balaban J connectivity index is 1.60. The second kappa shape index (κ2) is 6.49. The van der Waals surface area contributed by atoms with Crippen molar-refractivity contribution < 1.29 is 13.6 Å². The molecule has 1 aromatic carbocycles. The molecule has 0 bridgehead atoms. The van der Waals surface area contributed by atoms with Gasteiger partial charge in [-0.25, -0.2) is 18.3 Å². The Morgan fingerprint density at radius 3 is 2.81 bits per heavy atom. The Kier molecular flexibility index (Phi) is 4.15. The molecule has 1 fully saturated rings. The summed E-state index contributed by atoms with van der Waals surface area (Å²) < 4.78 is 29.5. The molecule has 6 nitrogen and oxygen atoms in total. The smallest absolute Gasteiger partial charge is 0.322 e. The maximum absolute atomic E-state index is 13.6. The summed E-state index contributed by atoms with van der Waals surface area (Å²) in [7, 11) is 0. The van der Waals surface area contributed by atoms with E-state index in [9.17, 15) is 18.4 Å². The van der Waals surface area contributed by atoms with E-state index in [1.807, 2.05) is 17.5 Å². The van der Waals surface area contributed by atoms with Crippen molar-refractivity contribution in [2.75, 3.05) is 5.32 Å². The molecule has 0 saturated heterocycles. The number of hydrogen-bond donors (Lipinski definition) is 1. The molecule has 4 rings (SSSR count). The lowest BCUT2D eigenvalue weighted by molar-refractivity contribution is -0.117. The second-order valence-corrected chi connectivity index (χ2v) is 6.96. The van der Waals surface area contributed by atoms with E-state index in [0.29, 0.717) is 5.82 Å². The maximum Gasteiger partial charge on any atom is 0.346 e. The van der Waals surface area contributed by atoms with Crippen LogP contribution in [0.3, 0.4) is 0 Å². The minimum atomic E-state index is -0.755. The summed E-state index contributed by atoms with van der Waals surface area (Å²) >= 11 is 1.46. The molecule has 0 radical (unpaired) electrons. The van der Waals surface area contributed by atoms with Gasteiger partial charge in [0.05, 0.1) is 10.6 Å². The van der Waals surface area contributed by atoms with E-state index in [4.69, 9.17) is 0 Å². The minimum Gasteiger partial charge on any atom is -0.322 e. The first-order chi connectivity index (χ1) is 12.5. The molecule has 2 heterocycles. The van der Waals surface area contributed by atoms with E-state index in [1.54, 1.807) is 4.57 Å². The SMILES string of the molecule is O=C(Cn1nc(-c2cccs2)n(C2CC2)c1=O)Nc1cc(F)ccc1F. The fraction of sp³-hybridized carbons (Fsp3) is 0.235. The predicted octanol–water partition coefficient (Wildman–Crippen LogP) is 3.03. The van der Waals surface area contributed by atoms with Gasteiger partial charge in [0, 0.05) is 12.1 Å². The van der Waals surface area contributed by atoms with E-state index in [1.165, 1.54) is 11.3 Å². The summed E-state index contributed by atoms with van der Waals surface area (Å²) in [6, 6.07) is 6.58. The van der Waals surface area contributed by atoms with Crippen LogP contribution in [-0.2, 0) is 11.3 Å². The normalized spacial score (nSPS) is 13.8. The highest BCUT2D eigenvalue weighted by atomic mass is 32.1. The topological polar surface area (TPSA) is 68.9 Å². The lowest BCUT2D eigenvalue weighted by atomic mass is 10.3. The quantitative estimate of drug-likeness (QED) is 0.744. The first-order valence-electron chi connectivity index (χ1n) is 8.01. The van der Waals surface area contributed by atoms with Crippen LogP contribution in [0.4, 0.5) is 14.5 Å². The molecule has 3 aromatic rings. The second-order valence-electron chi connectivity index (χ2n) is 6.01. The summed E-state index contributed by atoms with van der Waals surface area (Å²) in [6.07, 6.45) is 1.79. The molecule has 0 unspecified atom stereocenters. The zero-order valence-corrected chi connectivity index (χ0v) is 14.3. The Morgan fingerprint density at radius 1 is 1.31 bits per heavy atom.